The van der Waals surface area contributed by atoms with Crippen molar-refractivity contribution in [2.24, 2.45) is 0 Å². The van der Waals surface area contributed by atoms with Crippen LogP contribution in [0, 0.1) is 41.5 Å². The third kappa shape index (κ3) is 4.88. The maximum absolute atomic E-state index is 13.1. The molecular weight excluding hydrogens is 428 g/mol. The monoisotopic (exact) mass is 458 g/mol. The van der Waals surface area contributed by atoms with Crippen molar-refractivity contribution in [3.63, 3.8) is 0 Å². The van der Waals surface area contributed by atoms with Crippen molar-refractivity contribution in [2.75, 3.05) is 5.32 Å². The summed E-state index contributed by atoms with van der Waals surface area (Å²) in [4.78, 5) is 13.1. The van der Waals surface area contributed by atoms with Gasteiger partial charge < -0.3 is 14.6 Å². The van der Waals surface area contributed by atoms with Crippen LogP contribution in [0.2, 0.25) is 0 Å². The summed E-state index contributed by atoms with van der Waals surface area (Å²) >= 11 is 0. The smallest absolute Gasteiger partial charge is 0.278 e. The summed E-state index contributed by atoms with van der Waals surface area (Å²) in [5.74, 6) is 0.938. The van der Waals surface area contributed by atoms with Gasteiger partial charge >= 0.3 is 0 Å². The largest absolute Gasteiger partial charge is 0.489 e. The van der Waals surface area contributed by atoms with Crippen molar-refractivity contribution < 1.29 is 14.1 Å². The van der Waals surface area contributed by atoms with E-state index in [1.165, 1.54) is 11.1 Å². The standard InChI is InChI=1S/C27H30N4O3/c1-16-7-10-22(11-8-16)14-31-20(5)25(19(4)29-31)28-27(32)26-24(21(6)34-30-26)15-33-23-12-9-17(2)18(3)13-23/h7-13H,14-15H2,1-6H3,(H,28,32). The lowest BCUT2D eigenvalue weighted by Crippen LogP contribution is -2.16. The molecule has 2 aromatic carbocycles. The Balaban J connectivity index is 1.50. The molecule has 7 heteroatoms. The highest BCUT2D eigenvalue weighted by Crippen LogP contribution is 2.24. The van der Waals surface area contributed by atoms with Crippen LogP contribution in [0.25, 0.3) is 0 Å². The van der Waals surface area contributed by atoms with E-state index in [4.69, 9.17) is 9.26 Å². The Hall–Kier alpha value is -3.87. The minimum atomic E-state index is -0.350. The van der Waals surface area contributed by atoms with Crippen LogP contribution >= 0.6 is 0 Å². The van der Waals surface area contributed by atoms with Gasteiger partial charge in [-0.2, -0.15) is 5.10 Å². The van der Waals surface area contributed by atoms with Crippen LogP contribution in [0.4, 0.5) is 5.69 Å². The molecule has 34 heavy (non-hydrogen) atoms. The fraction of sp³-hybridized carbons (Fsp3) is 0.296. The van der Waals surface area contributed by atoms with Gasteiger partial charge in [0.15, 0.2) is 5.69 Å². The van der Waals surface area contributed by atoms with E-state index < -0.39 is 0 Å². The molecule has 0 spiro atoms. The number of benzene rings is 2. The first-order chi connectivity index (χ1) is 16.2. The maximum Gasteiger partial charge on any atom is 0.278 e. The van der Waals surface area contributed by atoms with E-state index in [0.717, 1.165) is 28.3 Å². The molecule has 0 aliphatic heterocycles. The van der Waals surface area contributed by atoms with Gasteiger partial charge in [0.05, 0.1) is 29.2 Å². The quantitative estimate of drug-likeness (QED) is 0.390. The molecule has 1 N–H and O–H groups in total. The fourth-order valence-electron chi connectivity index (χ4n) is 3.77. The molecule has 1 amide bonds. The van der Waals surface area contributed by atoms with Gasteiger partial charge in [0.1, 0.15) is 18.1 Å². The van der Waals surface area contributed by atoms with E-state index in [2.05, 4.69) is 53.7 Å². The number of nitrogens with one attached hydrogen (secondary N) is 1. The van der Waals surface area contributed by atoms with Gasteiger partial charge in [0.25, 0.3) is 5.91 Å². The Kier molecular flexibility index (Phi) is 6.54. The van der Waals surface area contributed by atoms with Gasteiger partial charge in [-0.15, -0.1) is 0 Å². The zero-order valence-corrected chi connectivity index (χ0v) is 20.5. The van der Waals surface area contributed by atoms with Crippen LogP contribution in [-0.4, -0.2) is 20.8 Å². The summed E-state index contributed by atoms with van der Waals surface area (Å²) in [6.45, 7) is 12.6. The van der Waals surface area contributed by atoms with Crippen LogP contribution < -0.4 is 10.1 Å². The lowest BCUT2D eigenvalue weighted by Gasteiger charge is -2.09. The van der Waals surface area contributed by atoms with E-state index in [1.54, 1.807) is 6.92 Å². The van der Waals surface area contributed by atoms with Gasteiger partial charge in [-0.25, -0.2) is 0 Å². The first-order valence-electron chi connectivity index (χ1n) is 11.3. The molecule has 4 rings (SSSR count). The summed E-state index contributed by atoms with van der Waals surface area (Å²) in [6.07, 6.45) is 0. The molecule has 4 aromatic rings. The Morgan fingerprint density at radius 1 is 1.00 bits per heavy atom. The molecular formula is C27H30N4O3. The predicted octanol–water partition coefficient (Wildman–Crippen LogP) is 5.60. The number of carbonyl (C=O) groups excluding carboxylic acids is 1. The third-order valence-corrected chi connectivity index (χ3v) is 6.13. The molecule has 2 heterocycles. The van der Waals surface area contributed by atoms with E-state index in [1.807, 2.05) is 43.7 Å². The first-order valence-corrected chi connectivity index (χ1v) is 11.3. The minimum absolute atomic E-state index is 0.186. The number of aromatic nitrogens is 3. The van der Waals surface area contributed by atoms with Crippen molar-refractivity contribution in [3.05, 3.63) is 93.1 Å². The maximum atomic E-state index is 13.1. The van der Waals surface area contributed by atoms with Crippen LogP contribution in [0.3, 0.4) is 0 Å². The number of carbonyl (C=O) groups is 1. The molecule has 2 aromatic heterocycles. The number of nitrogens with zero attached hydrogens (tertiary/aromatic N) is 3. The number of hydrogen-bond acceptors (Lipinski definition) is 5. The highest BCUT2D eigenvalue weighted by Gasteiger charge is 2.23. The van der Waals surface area contributed by atoms with Crippen molar-refractivity contribution in [3.8, 4) is 5.75 Å². The zero-order valence-electron chi connectivity index (χ0n) is 20.5. The topological polar surface area (TPSA) is 82.2 Å². The Morgan fingerprint density at radius 3 is 2.44 bits per heavy atom. The zero-order chi connectivity index (χ0) is 24.4. The lowest BCUT2D eigenvalue weighted by atomic mass is 10.1. The highest BCUT2D eigenvalue weighted by molar-refractivity contribution is 6.04. The van der Waals surface area contributed by atoms with Crippen LogP contribution in [0.5, 0.6) is 5.75 Å². The summed E-state index contributed by atoms with van der Waals surface area (Å²) in [7, 11) is 0. The van der Waals surface area contributed by atoms with Gasteiger partial charge in [-0.1, -0.05) is 41.1 Å². The highest BCUT2D eigenvalue weighted by atomic mass is 16.5. The predicted molar refractivity (Wildman–Crippen MR) is 131 cm³/mol. The second-order valence-corrected chi connectivity index (χ2v) is 8.74. The van der Waals surface area contributed by atoms with E-state index in [-0.39, 0.29) is 18.2 Å². The van der Waals surface area contributed by atoms with Gasteiger partial charge in [0, 0.05) is 0 Å². The van der Waals surface area contributed by atoms with Gasteiger partial charge in [0.2, 0.25) is 0 Å². The Morgan fingerprint density at radius 2 is 1.74 bits per heavy atom. The van der Waals surface area contributed by atoms with Crippen molar-refractivity contribution in [1.82, 2.24) is 14.9 Å². The van der Waals surface area contributed by atoms with Crippen molar-refractivity contribution >= 4 is 11.6 Å². The molecule has 0 saturated heterocycles. The summed E-state index contributed by atoms with van der Waals surface area (Å²) in [6, 6.07) is 14.2. The molecule has 176 valence electrons. The first kappa shape index (κ1) is 23.3. The molecule has 0 aliphatic rings. The summed E-state index contributed by atoms with van der Waals surface area (Å²) in [5, 5.41) is 11.6. The van der Waals surface area contributed by atoms with E-state index >= 15 is 0 Å². The van der Waals surface area contributed by atoms with Crippen LogP contribution in [0.1, 0.15) is 55.5 Å². The molecule has 0 fully saturated rings. The molecule has 0 radical (unpaired) electrons. The number of ether oxygens (including phenoxy) is 1. The van der Waals surface area contributed by atoms with Crippen LogP contribution in [0.15, 0.2) is 47.0 Å². The third-order valence-electron chi connectivity index (χ3n) is 6.13. The van der Waals surface area contributed by atoms with Gasteiger partial charge in [-0.3, -0.25) is 9.48 Å². The summed E-state index contributed by atoms with van der Waals surface area (Å²) in [5.41, 5.74) is 7.83. The molecule has 0 bridgehead atoms. The van der Waals surface area contributed by atoms with E-state index in [0.29, 0.717) is 23.6 Å². The average molecular weight is 459 g/mol. The molecule has 0 saturated carbocycles. The minimum Gasteiger partial charge on any atom is -0.489 e. The van der Waals surface area contributed by atoms with Crippen molar-refractivity contribution in [2.45, 2.75) is 54.7 Å². The Bertz CT molecular complexity index is 1330. The second kappa shape index (κ2) is 9.55. The van der Waals surface area contributed by atoms with Crippen molar-refractivity contribution in [1.29, 1.82) is 0 Å². The van der Waals surface area contributed by atoms with E-state index in [9.17, 15) is 4.79 Å². The fourth-order valence-corrected chi connectivity index (χ4v) is 3.77. The van der Waals surface area contributed by atoms with Crippen LogP contribution in [-0.2, 0) is 13.2 Å². The molecule has 7 nitrogen and oxygen atoms in total. The second-order valence-electron chi connectivity index (χ2n) is 8.74. The number of anilines is 1. The molecule has 0 aliphatic carbocycles. The number of aryl methyl sites for hydroxylation is 5. The number of rotatable bonds is 7. The average Bonchev–Trinajstić information content (AvgIpc) is 3.30. The van der Waals surface area contributed by atoms with Gasteiger partial charge in [-0.05, 0) is 70.4 Å². The summed E-state index contributed by atoms with van der Waals surface area (Å²) < 4.78 is 13.2. The normalized spacial score (nSPS) is 11.0. The Labute approximate surface area is 199 Å². The number of amides is 1. The molecule has 0 atom stereocenters. The number of hydrogen-bond donors (Lipinski definition) is 1. The SMILES string of the molecule is Cc1ccc(Cn2nc(C)c(NC(=O)c3noc(C)c3COc3ccc(C)c(C)c3)c2C)cc1. The lowest BCUT2D eigenvalue weighted by molar-refractivity contribution is 0.101. The molecule has 0 unspecified atom stereocenters.